The van der Waals surface area contributed by atoms with Crippen LogP contribution in [0.5, 0.6) is 5.75 Å². The van der Waals surface area contributed by atoms with Crippen LogP contribution in [0, 0.1) is 17.1 Å². The first-order chi connectivity index (χ1) is 6.22. The Morgan fingerprint density at radius 2 is 2.31 bits per heavy atom. The van der Waals surface area contributed by atoms with Crippen molar-refractivity contribution in [2.45, 2.75) is 6.61 Å². The molecule has 1 N–H and O–H groups in total. The van der Waals surface area contributed by atoms with E-state index in [1.165, 1.54) is 13.2 Å². The number of hydrogen-bond donors (Lipinski definition) is 1. The average molecular weight is 181 g/mol. The van der Waals surface area contributed by atoms with E-state index in [9.17, 15) is 4.39 Å². The molecule has 0 unspecified atom stereocenters. The highest BCUT2D eigenvalue weighted by atomic mass is 19.1. The van der Waals surface area contributed by atoms with Crippen molar-refractivity contribution in [2.24, 2.45) is 0 Å². The first-order valence-corrected chi connectivity index (χ1v) is 3.60. The smallest absolute Gasteiger partial charge is 0.141 e. The van der Waals surface area contributed by atoms with E-state index < -0.39 is 5.82 Å². The van der Waals surface area contributed by atoms with E-state index in [2.05, 4.69) is 0 Å². The summed E-state index contributed by atoms with van der Waals surface area (Å²) >= 11 is 0. The molecule has 1 aromatic carbocycles. The quantitative estimate of drug-likeness (QED) is 0.745. The van der Waals surface area contributed by atoms with Crippen molar-refractivity contribution in [2.75, 3.05) is 7.11 Å². The van der Waals surface area contributed by atoms with Gasteiger partial charge in [-0.15, -0.1) is 0 Å². The normalized spacial score (nSPS) is 9.38. The number of ether oxygens (including phenoxy) is 1. The maximum atomic E-state index is 13.0. The second kappa shape index (κ2) is 3.87. The Morgan fingerprint density at radius 1 is 1.62 bits per heavy atom. The van der Waals surface area contributed by atoms with E-state index in [1.807, 2.05) is 0 Å². The molecule has 4 heteroatoms. The molecule has 13 heavy (non-hydrogen) atoms. The number of benzene rings is 1. The number of rotatable bonds is 2. The van der Waals surface area contributed by atoms with Gasteiger partial charge >= 0.3 is 0 Å². The Kier molecular flexibility index (Phi) is 2.83. The molecule has 0 aliphatic rings. The van der Waals surface area contributed by atoms with Crippen molar-refractivity contribution in [1.82, 2.24) is 0 Å². The molecule has 3 nitrogen and oxygen atoms in total. The van der Waals surface area contributed by atoms with Gasteiger partial charge in [-0.25, -0.2) is 4.39 Å². The third kappa shape index (κ3) is 1.76. The average Bonchev–Trinajstić information content (AvgIpc) is 2.17. The van der Waals surface area contributed by atoms with E-state index in [-0.39, 0.29) is 12.2 Å². The fourth-order valence-electron chi connectivity index (χ4n) is 0.994. The maximum absolute atomic E-state index is 13.0. The van der Waals surface area contributed by atoms with Crippen LogP contribution in [-0.2, 0) is 6.61 Å². The van der Waals surface area contributed by atoms with Gasteiger partial charge in [0, 0.05) is 11.6 Å². The molecule has 0 aliphatic carbocycles. The van der Waals surface area contributed by atoms with E-state index >= 15 is 0 Å². The monoisotopic (exact) mass is 181 g/mol. The number of halogens is 1. The van der Waals surface area contributed by atoms with Gasteiger partial charge in [0.05, 0.1) is 19.3 Å². The van der Waals surface area contributed by atoms with Crippen LogP contribution in [0.2, 0.25) is 0 Å². The molecule has 0 aliphatic heterocycles. The van der Waals surface area contributed by atoms with Crippen LogP contribution in [0.3, 0.4) is 0 Å². The third-order valence-corrected chi connectivity index (χ3v) is 1.66. The zero-order chi connectivity index (χ0) is 9.84. The van der Waals surface area contributed by atoms with Crippen molar-refractivity contribution >= 4 is 0 Å². The summed E-state index contributed by atoms with van der Waals surface area (Å²) in [5, 5.41) is 17.3. The Bertz CT molecular complexity index is 357. The third-order valence-electron chi connectivity index (χ3n) is 1.66. The van der Waals surface area contributed by atoms with Crippen molar-refractivity contribution < 1.29 is 14.2 Å². The zero-order valence-electron chi connectivity index (χ0n) is 7.04. The molecule has 0 bridgehead atoms. The summed E-state index contributed by atoms with van der Waals surface area (Å²) in [7, 11) is 1.40. The fourth-order valence-corrected chi connectivity index (χ4v) is 0.994. The second-order valence-corrected chi connectivity index (χ2v) is 2.41. The molecule has 68 valence electrons. The summed E-state index contributed by atoms with van der Waals surface area (Å²) in [5.74, 6) is -0.326. The van der Waals surface area contributed by atoms with Gasteiger partial charge in [0.2, 0.25) is 0 Å². The molecule has 0 radical (unpaired) electrons. The van der Waals surface area contributed by atoms with Crippen LogP contribution in [0.15, 0.2) is 12.1 Å². The minimum atomic E-state index is -0.646. The van der Waals surface area contributed by atoms with E-state index in [4.69, 9.17) is 15.1 Å². The van der Waals surface area contributed by atoms with Gasteiger partial charge in [0.25, 0.3) is 0 Å². The summed E-state index contributed by atoms with van der Waals surface area (Å²) in [4.78, 5) is 0. The molecule has 0 saturated heterocycles. The summed E-state index contributed by atoms with van der Waals surface area (Å²) < 4.78 is 17.8. The molecule has 0 heterocycles. The molecule has 0 amide bonds. The van der Waals surface area contributed by atoms with E-state index in [1.54, 1.807) is 6.07 Å². The standard InChI is InChI=1S/C9H8FNO2/c1-13-9-3-6(4-11)8(10)2-7(9)5-12/h2-3,12H,5H2,1H3. The van der Waals surface area contributed by atoms with Gasteiger partial charge in [-0.2, -0.15) is 5.26 Å². The second-order valence-electron chi connectivity index (χ2n) is 2.41. The largest absolute Gasteiger partial charge is 0.496 e. The molecule has 1 aromatic rings. The number of nitriles is 1. The molecule has 1 rings (SSSR count). The lowest BCUT2D eigenvalue weighted by atomic mass is 10.1. The van der Waals surface area contributed by atoms with Crippen LogP contribution in [0.1, 0.15) is 11.1 Å². The van der Waals surface area contributed by atoms with Crippen molar-refractivity contribution in [3.8, 4) is 11.8 Å². The van der Waals surface area contributed by atoms with Crippen LogP contribution < -0.4 is 4.74 Å². The molecular formula is C9H8FNO2. The molecule has 0 aromatic heterocycles. The van der Waals surface area contributed by atoms with Crippen LogP contribution in [0.4, 0.5) is 4.39 Å². The lowest BCUT2D eigenvalue weighted by molar-refractivity contribution is 0.273. The lowest BCUT2D eigenvalue weighted by Gasteiger charge is -2.06. The molecular weight excluding hydrogens is 173 g/mol. The van der Waals surface area contributed by atoms with Crippen molar-refractivity contribution in [3.63, 3.8) is 0 Å². The SMILES string of the molecule is COc1cc(C#N)c(F)cc1CO. The predicted molar refractivity (Wildman–Crippen MR) is 43.6 cm³/mol. The van der Waals surface area contributed by atoms with Gasteiger partial charge in [0.1, 0.15) is 17.6 Å². The summed E-state index contributed by atoms with van der Waals surface area (Å²) in [6.07, 6.45) is 0. The maximum Gasteiger partial charge on any atom is 0.141 e. The number of aliphatic hydroxyl groups excluding tert-OH is 1. The van der Waals surface area contributed by atoms with Crippen LogP contribution >= 0.6 is 0 Å². The molecule has 0 spiro atoms. The molecule has 0 atom stereocenters. The van der Waals surface area contributed by atoms with Crippen LogP contribution in [-0.4, -0.2) is 12.2 Å². The Morgan fingerprint density at radius 3 is 2.77 bits per heavy atom. The number of aliphatic hydroxyl groups is 1. The fraction of sp³-hybridized carbons (Fsp3) is 0.222. The summed E-state index contributed by atoms with van der Waals surface area (Å²) in [6.45, 7) is -0.314. The van der Waals surface area contributed by atoms with E-state index in [0.29, 0.717) is 11.3 Å². The first-order valence-electron chi connectivity index (χ1n) is 3.60. The highest BCUT2D eigenvalue weighted by Crippen LogP contribution is 2.22. The van der Waals surface area contributed by atoms with E-state index in [0.717, 1.165) is 6.07 Å². The van der Waals surface area contributed by atoms with Crippen LogP contribution in [0.25, 0.3) is 0 Å². The van der Waals surface area contributed by atoms with Crippen molar-refractivity contribution in [3.05, 3.63) is 29.1 Å². The number of nitrogens with zero attached hydrogens (tertiary/aromatic N) is 1. The minimum Gasteiger partial charge on any atom is -0.496 e. The highest BCUT2D eigenvalue weighted by Gasteiger charge is 2.08. The highest BCUT2D eigenvalue weighted by molar-refractivity contribution is 5.43. The summed E-state index contributed by atoms with van der Waals surface area (Å²) in [5.41, 5.74) is 0.244. The Balaban J connectivity index is 3.28. The van der Waals surface area contributed by atoms with Gasteiger partial charge in [-0.05, 0) is 6.07 Å². The first kappa shape index (κ1) is 9.49. The molecule has 0 saturated carbocycles. The van der Waals surface area contributed by atoms with Gasteiger partial charge in [0.15, 0.2) is 0 Å². The zero-order valence-corrected chi connectivity index (χ0v) is 7.04. The number of hydrogen-bond acceptors (Lipinski definition) is 3. The Hall–Kier alpha value is -1.60. The number of methoxy groups -OCH3 is 1. The van der Waals surface area contributed by atoms with Crippen molar-refractivity contribution in [1.29, 1.82) is 5.26 Å². The lowest BCUT2D eigenvalue weighted by Crippen LogP contribution is -1.95. The summed E-state index contributed by atoms with van der Waals surface area (Å²) in [6, 6.07) is 4.04. The predicted octanol–water partition coefficient (Wildman–Crippen LogP) is 1.20. The topological polar surface area (TPSA) is 53.2 Å². The van der Waals surface area contributed by atoms with Gasteiger partial charge in [-0.1, -0.05) is 0 Å². The minimum absolute atomic E-state index is 0.0888. The Labute approximate surface area is 75.0 Å². The molecule has 0 fully saturated rings. The van der Waals surface area contributed by atoms with Gasteiger partial charge < -0.3 is 9.84 Å². The van der Waals surface area contributed by atoms with Gasteiger partial charge in [-0.3, -0.25) is 0 Å².